The fraction of sp³-hybridized carbons (Fsp3) is 0.643. The number of hydrogen-bond donors (Lipinski definition) is 0. The predicted molar refractivity (Wildman–Crippen MR) is 79.0 cm³/mol. The first-order valence-corrected chi connectivity index (χ1v) is 7.65. The van der Waals surface area contributed by atoms with Crippen LogP contribution in [-0.4, -0.2) is 39.6 Å². The molecule has 0 aliphatic carbocycles. The van der Waals surface area contributed by atoms with E-state index in [-0.39, 0.29) is 5.91 Å². The number of thioether (sulfide) groups is 1. The largest absolute Gasteiger partial charge is 0.341 e. The van der Waals surface area contributed by atoms with E-state index in [0.29, 0.717) is 22.7 Å². The smallest absolute Gasteiger partial charge is 0.233 e. The van der Waals surface area contributed by atoms with E-state index in [9.17, 15) is 4.79 Å². The van der Waals surface area contributed by atoms with E-state index in [2.05, 4.69) is 37.7 Å². The van der Waals surface area contributed by atoms with Crippen molar-refractivity contribution >= 4 is 17.7 Å². The van der Waals surface area contributed by atoms with Gasteiger partial charge in [0.05, 0.1) is 5.75 Å². The van der Waals surface area contributed by atoms with Crippen LogP contribution in [-0.2, 0) is 4.79 Å². The molecule has 0 unspecified atom stereocenters. The number of carbonyl (C=O) groups excluding carboxylic acids is 1. The van der Waals surface area contributed by atoms with E-state index in [1.165, 1.54) is 11.8 Å². The Balaban J connectivity index is 2.51. The van der Waals surface area contributed by atoms with Gasteiger partial charge in [-0.2, -0.15) is 0 Å². The van der Waals surface area contributed by atoms with Gasteiger partial charge in [-0.25, -0.2) is 9.97 Å². The van der Waals surface area contributed by atoms with Crippen LogP contribution in [0.4, 0.5) is 0 Å². The van der Waals surface area contributed by atoms with E-state index in [1.54, 1.807) is 18.5 Å². The van der Waals surface area contributed by atoms with Crippen molar-refractivity contribution in [2.45, 2.75) is 32.9 Å². The zero-order chi connectivity index (χ0) is 14.3. The lowest BCUT2D eigenvalue weighted by molar-refractivity contribution is -0.129. The Morgan fingerprint density at radius 2 is 1.68 bits per heavy atom. The van der Waals surface area contributed by atoms with E-state index in [4.69, 9.17) is 0 Å². The molecule has 0 fully saturated rings. The lowest BCUT2D eigenvalue weighted by Crippen LogP contribution is -2.38. The third-order valence-electron chi connectivity index (χ3n) is 2.39. The zero-order valence-electron chi connectivity index (χ0n) is 12.2. The molecule has 1 heterocycles. The molecule has 1 amide bonds. The predicted octanol–water partition coefficient (Wildman–Crippen LogP) is 2.71. The monoisotopic (exact) mass is 281 g/mol. The molecule has 0 aromatic carbocycles. The number of carbonyl (C=O) groups is 1. The van der Waals surface area contributed by atoms with Crippen molar-refractivity contribution in [1.29, 1.82) is 0 Å². The first-order chi connectivity index (χ1) is 8.99. The summed E-state index contributed by atoms with van der Waals surface area (Å²) < 4.78 is 0. The third-order valence-corrected chi connectivity index (χ3v) is 3.25. The molecular weight excluding hydrogens is 258 g/mol. The lowest BCUT2D eigenvalue weighted by Gasteiger charge is -2.26. The van der Waals surface area contributed by atoms with Gasteiger partial charge in [0.1, 0.15) is 0 Å². The summed E-state index contributed by atoms with van der Waals surface area (Å²) in [4.78, 5) is 22.4. The summed E-state index contributed by atoms with van der Waals surface area (Å²) in [7, 11) is 0. The van der Waals surface area contributed by atoms with E-state index < -0.39 is 0 Å². The minimum Gasteiger partial charge on any atom is -0.341 e. The Morgan fingerprint density at radius 1 is 1.16 bits per heavy atom. The molecule has 0 bridgehead atoms. The van der Waals surface area contributed by atoms with Crippen LogP contribution in [0, 0.1) is 11.8 Å². The molecule has 4 nitrogen and oxygen atoms in total. The van der Waals surface area contributed by atoms with Crippen molar-refractivity contribution in [3.8, 4) is 0 Å². The normalized spacial score (nSPS) is 11.1. The molecule has 0 N–H and O–H groups in total. The third kappa shape index (κ3) is 6.57. The molecule has 1 aromatic heterocycles. The minimum absolute atomic E-state index is 0.167. The second kappa shape index (κ2) is 8.15. The fourth-order valence-corrected chi connectivity index (χ4v) is 2.44. The molecule has 1 rings (SSSR count). The Labute approximate surface area is 120 Å². The minimum atomic E-state index is 0.167. The van der Waals surface area contributed by atoms with Gasteiger partial charge in [0, 0.05) is 25.5 Å². The molecule has 5 heteroatoms. The zero-order valence-corrected chi connectivity index (χ0v) is 13.0. The first-order valence-electron chi connectivity index (χ1n) is 6.66. The topological polar surface area (TPSA) is 46.1 Å². The molecule has 0 aliphatic rings. The number of rotatable bonds is 7. The Morgan fingerprint density at radius 3 is 2.16 bits per heavy atom. The standard InChI is InChI=1S/C14H23N3OS/c1-11(2)8-17(9-12(3)4)13(18)10-19-14-15-6-5-7-16-14/h5-7,11-12H,8-10H2,1-4H3. The summed E-state index contributed by atoms with van der Waals surface area (Å²) in [6, 6.07) is 1.77. The van der Waals surface area contributed by atoms with Gasteiger partial charge in [0.2, 0.25) is 5.91 Å². The summed E-state index contributed by atoms with van der Waals surface area (Å²) in [6.45, 7) is 10.2. The van der Waals surface area contributed by atoms with E-state index in [1.807, 2.05) is 4.90 Å². The van der Waals surface area contributed by atoms with Crippen molar-refractivity contribution < 1.29 is 4.79 Å². The number of aromatic nitrogens is 2. The maximum absolute atomic E-state index is 12.2. The molecule has 0 saturated heterocycles. The highest BCUT2D eigenvalue weighted by molar-refractivity contribution is 7.99. The summed E-state index contributed by atoms with van der Waals surface area (Å²) >= 11 is 1.40. The van der Waals surface area contributed by atoms with Crippen molar-refractivity contribution in [1.82, 2.24) is 14.9 Å². The van der Waals surface area contributed by atoms with Crippen LogP contribution in [0.3, 0.4) is 0 Å². The Kier molecular flexibility index (Phi) is 6.84. The van der Waals surface area contributed by atoms with Gasteiger partial charge in [-0.15, -0.1) is 0 Å². The molecule has 0 aliphatic heterocycles. The van der Waals surface area contributed by atoms with Crippen molar-refractivity contribution in [2.75, 3.05) is 18.8 Å². The molecule has 1 aromatic rings. The van der Waals surface area contributed by atoms with Gasteiger partial charge in [-0.1, -0.05) is 39.5 Å². The van der Waals surface area contributed by atoms with Crippen LogP contribution in [0.1, 0.15) is 27.7 Å². The number of nitrogens with zero attached hydrogens (tertiary/aromatic N) is 3. The van der Waals surface area contributed by atoms with Crippen molar-refractivity contribution in [3.05, 3.63) is 18.5 Å². The molecule has 19 heavy (non-hydrogen) atoms. The lowest BCUT2D eigenvalue weighted by atomic mass is 10.1. The van der Waals surface area contributed by atoms with Gasteiger partial charge in [-0.05, 0) is 17.9 Å². The van der Waals surface area contributed by atoms with Crippen LogP contribution in [0.15, 0.2) is 23.6 Å². The average Bonchev–Trinajstić information content (AvgIpc) is 2.35. The molecular formula is C14H23N3OS. The summed E-state index contributed by atoms with van der Waals surface area (Å²) in [5.41, 5.74) is 0. The second-order valence-electron chi connectivity index (χ2n) is 5.41. The Hall–Kier alpha value is -1.10. The van der Waals surface area contributed by atoms with E-state index >= 15 is 0 Å². The van der Waals surface area contributed by atoms with E-state index in [0.717, 1.165) is 13.1 Å². The quantitative estimate of drug-likeness (QED) is 0.569. The van der Waals surface area contributed by atoms with Gasteiger partial charge in [0.25, 0.3) is 0 Å². The van der Waals surface area contributed by atoms with Gasteiger partial charge in [-0.3, -0.25) is 4.79 Å². The van der Waals surface area contributed by atoms with Gasteiger partial charge in [0.15, 0.2) is 5.16 Å². The summed E-state index contributed by atoms with van der Waals surface area (Å²) in [6.07, 6.45) is 3.39. The second-order valence-corrected chi connectivity index (χ2v) is 6.35. The molecule has 106 valence electrons. The molecule has 0 atom stereocenters. The van der Waals surface area contributed by atoms with Crippen LogP contribution in [0.25, 0.3) is 0 Å². The maximum atomic E-state index is 12.2. The van der Waals surface area contributed by atoms with Crippen LogP contribution >= 0.6 is 11.8 Å². The van der Waals surface area contributed by atoms with Crippen molar-refractivity contribution in [2.24, 2.45) is 11.8 Å². The highest BCUT2D eigenvalue weighted by Gasteiger charge is 2.16. The van der Waals surface area contributed by atoms with Crippen LogP contribution in [0.2, 0.25) is 0 Å². The van der Waals surface area contributed by atoms with Crippen LogP contribution in [0.5, 0.6) is 0 Å². The molecule has 0 saturated carbocycles. The summed E-state index contributed by atoms with van der Waals surface area (Å²) in [5, 5.41) is 0.657. The molecule has 0 radical (unpaired) electrons. The van der Waals surface area contributed by atoms with Crippen LogP contribution < -0.4 is 0 Å². The highest BCUT2D eigenvalue weighted by Crippen LogP contribution is 2.13. The first kappa shape index (κ1) is 16.0. The van der Waals surface area contributed by atoms with Gasteiger partial charge >= 0.3 is 0 Å². The fourth-order valence-electron chi connectivity index (χ4n) is 1.74. The number of hydrogen-bond acceptors (Lipinski definition) is 4. The van der Waals surface area contributed by atoms with Gasteiger partial charge < -0.3 is 4.90 Å². The average molecular weight is 281 g/mol. The highest BCUT2D eigenvalue weighted by atomic mass is 32.2. The molecule has 0 spiro atoms. The van der Waals surface area contributed by atoms with Crippen molar-refractivity contribution in [3.63, 3.8) is 0 Å². The maximum Gasteiger partial charge on any atom is 0.233 e. The Bertz CT molecular complexity index is 372. The summed E-state index contributed by atoms with van der Waals surface area (Å²) in [5.74, 6) is 1.55. The SMILES string of the molecule is CC(C)CN(CC(C)C)C(=O)CSc1ncccn1. The number of amides is 1.